The predicted octanol–water partition coefficient (Wildman–Crippen LogP) is 3.20. The van der Waals surface area contributed by atoms with Crippen molar-refractivity contribution in [2.75, 3.05) is 18.0 Å². The van der Waals surface area contributed by atoms with Crippen molar-refractivity contribution in [3.63, 3.8) is 0 Å². The zero-order chi connectivity index (χ0) is 15.7. The minimum absolute atomic E-state index is 0.0138. The van der Waals surface area contributed by atoms with Gasteiger partial charge in [-0.25, -0.2) is 0 Å². The van der Waals surface area contributed by atoms with Gasteiger partial charge in [0.15, 0.2) is 0 Å². The average molecular weight is 365 g/mol. The fourth-order valence-electron chi connectivity index (χ4n) is 3.46. The number of piperazine rings is 1. The van der Waals surface area contributed by atoms with E-state index in [0.29, 0.717) is 13.1 Å². The molecule has 118 valence electrons. The molecule has 1 aliphatic heterocycles. The lowest BCUT2D eigenvalue weighted by atomic mass is 10.0. The molecule has 3 rings (SSSR count). The Labute approximate surface area is 139 Å². The number of carbonyl (C=O) groups excluding carboxylic acids is 2. The molecule has 0 bridgehead atoms. The summed E-state index contributed by atoms with van der Waals surface area (Å²) in [4.78, 5) is 28.8. The molecule has 5 heteroatoms. The zero-order valence-electron chi connectivity index (χ0n) is 12.8. The Morgan fingerprint density at radius 3 is 2.41 bits per heavy atom. The molecule has 1 saturated carbocycles. The number of amides is 2. The van der Waals surface area contributed by atoms with E-state index < -0.39 is 0 Å². The van der Waals surface area contributed by atoms with Crippen molar-refractivity contribution in [1.82, 2.24) is 4.90 Å². The maximum Gasteiger partial charge on any atom is 0.249 e. The summed E-state index contributed by atoms with van der Waals surface area (Å²) in [5.41, 5.74) is 0.896. The summed E-state index contributed by atoms with van der Waals surface area (Å²) in [7, 11) is 0. The van der Waals surface area contributed by atoms with E-state index in [0.717, 1.165) is 35.8 Å². The van der Waals surface area contributed by atoms with Gasteiger partial charge in [-0.1, -0.05) is 28.8 Å². The summed E-state index contributed by atoms with van der Waals surface area (Å²) >= 11 is 3.41. The molecule has 0 unspecified atom stereocenters. The van der Waals surface area contributed by atoms with Crippen LogP contribution in [-0.4, -0.2) is 35.8 Å². The standard InChI is InChI=1S/C17H21BrN2O2/c1-12-16(21)20(15-8-6-14(18)7-9-15)11-10-19(12)17(22)13-4-2-3-5-13/h6-9,12-13H,2-5,10-11H2,1H3/t12-/m1/s1. The summed E-state index contributed by atoms with van der Waals surface area (Å²) in [6.45, 7) is 3.04. The quantitative estimate of drug-likeness (QED) is 0.808. The fraction of sp³-hybridized carbons (Fsp3) is 0.529. The van der Waals surface area contributed by atoms with Crippen LogP contribution in [0, 0.1) is 5.92 Å². The highest BCUT2D eigenvalue weighted by Crippen LogP contribution is 2.29. The number of rotatable bonds is 2. The molecule has 2 fully saturated rings. The van der Waals surface area contributed by atoms with Crippen LogP contribution in [0.4, 0.5) is 5.69 Å². The van der Waals surface area contributed by atoms with E-state index in [9.17, 15) is 9.59 Å². The number of hydrogen-bond acceptors (Lipinski definition) is 2. The number of anilines is 1. The van der Waals surface area contributed by atoms with E-state index in [4.69, 9.17) is 0 Å². The first-order valence-corrected chi connectivity index (χ1v) is 8.74. The largest absolute Gasteiger partial charge is 0.329 e. The van der Waals surface area contributed by atoms with E-state index in [1.165, 1.54) is 0 Å². The van der Waals surface area contributed by atoms with Crippen LogP contribution in [0.5, 0.6) is 0 Å². The Bertz CT molecular complexity index is 567. The lowest BCUT2D eigenvalue weighted by Gasteiger charge is -2.40. The van der Waals surface area contributed by atoms with Crippen LogP contribution in [0.1, 0.15) is 32.6 Å². The van der Waals surface area contributed by atoms with Crippen LogP contribution in [-0.2, 0) is 9.59 Å². The third-order valence-corrected chi connectivity index (χ3v) is 5.31. The third-order valence-electron chi connectivity index (χ3n) is 4.78. The van der Waals surface area contributed by atoms with Crippen molar-refractivity contribution in [1.29, 1.82) is 0 Å². The fourth-order valence-corrected chi connectivity index (χ4v) is 3.72. The lowest BCUT2D eigenvalue weighted by molar-refractivity contribution is -0.143. The molecule has 1 aromatic rings. The van der Waals surface area contributed by atoms with E-state index >= 15 is 0 Å². The number of halogens is 1. The van der Waals surface area contributed by atoms with Crippen molar-refractivity contribution in [3.8, 4) is 0 Å². The highest BCUT2D eigenvalue weighted by Gasteiger charge is 2.37. The smallest absolute Gasteiger partial charge is 0.249 e. The van der Waals surface area contributed by atoms with Gasteiger partial charge >= 0.3 is 0 Å². The van der Waals surface area contributed by atoms with Gasteiger partial charge in [0, 0.05) is 29.2 Å². The summed E-state index contributed by atoms with van der Waals surface area (Å²) < 4.78 is 0.992. The molecular formula is C17H21BrN2O2. The van der Waals surface area contributed by atoms with Gasteiger partial charge in [-0.3, -0.25) is 9.59 Å². The van der Waals surface area contributed by atoms with Gasteiger partial charge in [0.2, 0.25) is 11.8 Å². The van der Waals surface area contributed by atoms with Crippen LogP contribution in [0.2, 0.25) is 0 Å². The van der Waals surface area contributed by atoms with Gasteiger partial charge < -0.3 is 9.80 Å². The van der Waals surface area contributed by atoms with Crippen LogP contribution in [0.3, 0.4) is 0 Å². The van der Waals surface area contributed by atoms with Crippen LogP contribution in [0.15, 0.2) is 28.7 Å². The molecule has 1 saturated heterocycles. The molecule has 2 amide bonds. The summed E-state index contributed by atoms with van der Waals surface area (Å²) in [6.07, 6.45) is 4.23. The van der Waals surface area contributed by atoms with E-state index in [1.807, 2.05) is 31.2 Å². The van der Waals surface area contributed by atoms with Gasteiger partial charge in [0.25, 0.3) is 0 Å². The highest BCUT2D eigenvalue weighted by atomic mass is 79.9. The Balaban J connectivity index is 1.72. The first-order valence-electron chi connectivity index (χ1n) is 7.95. The van der Waals surface area contributed by atoms with Gasteiger partial charge in [-0.05, 0) is 44.0 Å². The molecule has 2 aliphatic rings. The number of hydrogen-bond donors (Lipinski definition) is 0. The van der Waals surface area contributed by atoms with Crippen LogP contribution < -0.4 is 4.90 Å². The normalized spacial score (nSPS) is 23.2. The van der Waals surface area contributed by atoms with E-state index in [-0.39, 0.29) is 23.8 Å². The molecule has 0 radical (unpaired) electrons. The second-order valence-electron chi connectivity index (χ2n) is 6.16. The molecule has 0 aromatic heterocycles. The highest BCUT2D eigenvalue weighted by molar-refractivity contribution is 9.10. The molecule has 0 spiro atoms. The molecule has 1 atom stereocenters. The average Bonchev–Trinajstić information content (AvgIpc) is 3.05. The van der Waals surface area contributed by atoms with Crippen molar-refractivity contribution < 1.29 is 9.59 Å². The zero-order valence-corrected chi connectivity index (χ0v) is 14.4. The van der Waals surface area contributed by atoms with Gasteiger partial charge in [0.1, 0.15) is 6.04 Å². The van der Waals surface area contributed by atoms with E-state index in [1.54, 1.807) is 9.80 Å². The maximum atomic E-state index is 12.7. The SMILES string of the molecule is C[C@@H]1C(=O)N(c2ccc(Br)cc2)CCN1C(=O)C1CCCC1. The second kappa shape index (κ2) is 6.41. The summed E-state index contributed by atoms with van der Waals surface area (Å²) in [5, 5.41) is 0. The Kier molecular flexibility index (Phi) is 4.52. The summed E-state index contributed by atoms with van der Waals surface area (Å²) in [6, 6.07) is 7.37. The van der Waals surface area contributed by atoms with Gasteiger partial charge in [-0.2, -0.15) is 0 Å². The molecule has 0 N–H and O–H groups in total. The van der Waals surface area contributed by atoms with E-state index in [2.05, 4.69) is 15.9 Å². The molecule has 1 heterocycles. The monoisotopic (exact) mass is 364 g/mol. The van der Waals surface area contributed by atoms with Crippen molar-refractivity contribution >= 4 is 33.4 Å². The second-order valence-corrected chi connectivity index (χ2v) is 7.07. The number of nitrogens with zero attached hydrogens (tertiary/aromatic N) is 2. The Morgan fingerprint density at radius 1 is 1.14 bits per heavy atom. The minimum Gasteiger partial charge on any atom is -0.329 e. The van der Waals surface area contributed by atoms with Crippen molar-refractivity contribution in [3.05, 3.63) is 28.7 Å². The lowest BCUT2D eigenvalue weighted by Crippen LogP contribution is -2.58. The maximum absolute atomic E-state index is 12.7. The minimum atomic E-state index is -0.370. The molecular weight excluding hydrogens is 344 g/mol. The van der Waals surface area contributed by atoms with Crippen LogP contribution >= 0.6 is 15.9 Å². The molecule has 1 aromatic carbocycles. The first kappa shape index (κ1) is 15.5. The molecule has 22 heavy (non-hydrogen) atoms. The molecule has 4 nitrogen and oxygen atoms in total. The molecule has 1 aliphatic carbocycles. The van der Waals surface area contributed by atoms with Crippen LogP contribution in [0.25, 0.3) is 0 Å². The van der Waals surface area contributed by atoms with Crippen molar-refractivity contribution in [2.45, 2.75) is 38.6 Å². The first-order chi connectivity index (χ1) is 10.6. The van der Waals surface area contributed by atoms with Gasteiger partial charge in [-0.15, -0.1) is 0 Å². The van der Waals surface area contributed by atoms with Crippen molar-refractivity contribution in [2.24, 2.45) is 5.92 Å². The number of benzene rings is 1. The Morgan fingerprint density at radius 2 is 1.77 bits per heavy atom. The Hall–Kier alpha value is -1.36. The summed E-state index contributed by atoms with van der Waals surface area (Å²) in [5.74, 6) is 0.322. The predicted molar refractivity (Wildman–Crippen MR) is 89.6 cm³/mol. The number of carbonyl (C=O) groups is 2. The van der Waals surface area contributed by atoms with Gasteiger partial charge in [0.05, 0.1) is 0 Å². The topological polar surface area (TPSA) is 40.6 Å². The third kappa shape index (κ3) is 2.91.